The van der Waals surface area contributed by atoms with Gasteiger partial charge in [-0.3, -0.25) is 4.79 Å². The van der Waals surface area contributed by atoms with Gasteiger partial charge in [-0.25, -0.2) is 4.39 Å². The van der Waals surface area contributed by atoms with Crippen LogP contribution in [0.4, 0.5) is 26.3 Å². The van der Waals surface area contributed by atoms with Crippen molar-refractivity contribution in [2.45, 2.75) is 24.9 Å². The average molecular weight is 365 g/mol. The van der Waals surface area contributed by atoms with Gasteiger partial charge in [-0.1, -0.05) is 6.08 Å². The Morgan fingerprint density at radius 2 is 1.80 bits per heavy atom. The number of amides is 1. The highest BCUT2D eigenvalue weighted by molar-refractivity contribution is 5.94. The molecule has 0 unspecified atom stereocenters. The molecule has 1 aliphatic carbocycles. The lowest BCUT2D eigenvalue weighted by Gasteiger charge is -2.24. The van der Waals surface area contributed by atoms with Crippen molar-refractivity contribution < 1.29 is 35.9 Å². The molecule has 1 N–H and O–H groups in total. The molecule has 0 fully saturated rings. The van der Waals surface area contributed by atoms with E-state index in [0.717, 1.165) is 12.1 Å². The Bertz CT molecular complexity index is 737. The number of allylic oxidation sites excluding steroid dienone is 4. The van der Waals surface area contributed by atoms with E-state index < -0.39 is 35.8 Å². The number of carbonyl (C=O) groups excluding carboxylic acids is 1. The van der Waals surface area contributed by atoms with Gasteiger partial charge in [-0.2, -0.15) is 22.0 Å². The quantitative estimate of drug-likeness (QED) is 0.805. The first kappa shape index (κ1) is 18.9. The second kappa shape index (κ2) is 6.81. The number of ether oxygens (including phenoxy) is 1. The number of rotatable bonds is 4. The minimum atomic E-state index is -5.67. The summed E-state index contributed by atoms with van der Waals surface area (Å²) in [6, 6.07) is 3.39. The molecule has 2 rings (SSSR count). The number of alkyl halides is 5. The van der Waals surface area contributed by atoms with Crippen molar-refractivity contribution in [2.75, 3.05) is 7.05 Å². The molecule has 0 aromatic heterocycles. The molecule has 1 aromatic carbocycles. The fourth-order valence-corrected chi connectivity index (χ4v) is 2.16. The van der Waals surface area contributed by atoms with E-state index >= 15 is 0 Å². The van der Waals surface area contributed by atoms with Crippen LogP contribution < -0.4 is 10.1 Å². The second-order valence-corrected chi connectivity index (χ2v) is 5.22. The van der Waals surface area contributed by atoms with Crippen molar-refractivity contribution in [2.24, 2.45) is 0 Å². The molecule has 0 radical (unpaired) electrons. The maximum Gasteiger partial charge on any atom is 0.457 e. The normalized spacial score (nSPS) is 15.3. The Kier molecular flexibility index (Phi) is 5.15. The number of carbonyl (C=O) groups is 1. The van der Waals surface area contributed by atoms with E-state index in [9.17, 15) is 31.1 Å². The van der Waals surface area contributed by atoms with E-state index in [2.05, 4.69) is 5.32 Å². The smallest absolute Gasteiger partial charge is 0.457 e. The van der Waals surface area contributed by atoms with Gasteiger partial charge < -0.3 is 10.1 Å². The maximum absolute atomic E-state index is 13.9. The van der Waals surface area contributed by atoms with Gasteiger partial charge in [-0.15, -0.1) is 0 Å². The predicted octanol–water partition coefficient (Wildman–Crippen LogP) is 4.37. The Morgan fingerprint density at radius 1 is 1.12 bits per heavy atom. The third-order valence-electron chi connectivity index (χ3n) is 3.53. The molecule has 0 bridgehead atoms. The first-order chi connectivity index (χ1) is 11.6. The van der Waals surface area contributed by atoms with E-state index in [1.54, 1.807) is 0 Å². The molecule has 1 aliphatic rings. The van der Waals surface area contributed by atoms with Gasteiger partial charge in [0, 0.05) is 24.6 Å². The van der Waals surface area contributed by atoms with Crippen LogP contribution in [0.5, 0.6) is 5.75 Å². The van der Waals surface area contributed by atoms with Gasteiger partial charge in [0.15, 0.2) is 11.6 Å². The first-order valence-electron chi connectivity index (χ1n) is 7.10. The summed E-state index contributed by atoms with van der Waals surface area (Å²) in [6.07, 6.45) is -4.91. The molecule has 0 atom stereocenters. The second-order valence-electron chi connectivity index (χ2n) is 5.22. The Labute approximate surface area is 139 Å². The van der Waals surface area contributed by atoms with Gasteiger partial charge >= 0.3 is 12.1 Å². The lowest BCUT2D eigenvalue weighted by molar-refractivity contribution is -0.265. The zero-order valence-electron chi connectivity index (χ0n) is 12.9. The molecule has 1 amide bonds. The molecular weight excluding hydrogens is 352 g/mol. The number of hydrogen-bond donors (Lipinski definition) is 1. The Balaban J connectivity index is 2.17. The molecule has 0 heterocycles. The molecule has 3 nitrogen and oxygen atoms in total. The molecule has 25 heavy (non-hydrogen) atoms. The highest BCUT2D eigenvalue weighted by Gasteiger charge is 2.59. The van der Waals surface area contributed by atoms with Gasteiger partial charge in [0.2, 0.25) is 0 Å². The standard InChI is InChI=1S/C16H13F6NO2/c1-23-14(24)9-2-7-13(12(17)8-9)25-11-5-3-10(4-6-11)15(18,19)16(20,21)22/h2-3,5,7-8H,4,6H2,1H3,(H,23,24). The van der Waals surface area contributed by atoms with Gasteiger partial charge in [0.1, 0.15) is 5.76 Å². The Hall–Kier alpha value is -2.45. The number of halogens is 6. The zero-order valence-corrected chi connectivity index (χ0v) is 12.9. The first-order valence-corrected chi connectivity index (χ1v) is 7.10. The highest BCUT2D eigenvalue weighted by atomic mass is 19.4. The topological polar surface area (TPSA) is 38.3 Å². The van der Waals surface area contributed by atoms with Gasteiger partial charge in [0.25, 0.3) is 5.91 Å². The molecular formula is C16H13F6NO2. The van der Waals surface area contributed by atoms with E-state index in [1.807, 2.05) is 0 Å². The van der Waals surface area contributed by atoms with E-state index in [4.69, 9.17) is 4.74 Å². The monoisotopic (exact) mass is 365 g/mol. The van der Waals surface area contributed by atoms with E-state index in [1.165, 1.54) is 19.2 Å². The molecule has 0 spiro atoms. The summed E-state index contributed by atoms with van der Waals surface area (Å²) in [4.78, 5) is 11.4. The SMILES string of the molecule is CNC(=O)c1ccc(OC2=CC=C(C(F)(F)C(F)(F)F)CC2)c(F)c1. The maximum atomic E-state index is 13.9. The summed E-state index contributed by atoms with van der Waals surface area (Å²) in [5.41, 5.74) is -1.03. The van der Waals surface area contributed by atoms with Gasteiger partial charge in [-0.05, 0) is 30.7 Å². The summed E-state index contributed by atoms with van der Waals surface area (Å²) in [7, 11) is 1.37. The van der Waals surface area contributed by atoms with Crippen molar-refractivity contribution >= 4 is 5.91 Å². The van der Waals surface area contributed by atoms with Crippen molar-refractivity contribution in [1.29, 1.82) is 0 Å². The third-order valence-corrected chi connectivity index (χ3v) is 3.53. The number of nitrogens with one attached hydrogen (secondary N) is 1. The third kappa shape index (κ3) is 3.97. The minimum absolute atomic E-state index is 0.0355. The summed E-state index contributed by atoms with van der Waals surface area (Å²) in [6.45, 7) is 0. The van der Waals surface area contributed by atoms with Crippen molar-refractivity contribution in [3.8, 4) is 5.75 Å². The van der Waals surface area contributed by atoms with Crippen LogP contribution in [0.1, 0.15) is 23.2 Å². The fraction of sp³-hybridized carbons (Fsp3) is 0.312. The van der Waals surface area contributed by atoms with Crippen molar-refractivity contribution in [3.63, 3.8) is 0 Å². The Morgan fingerprint density at radius 3 is 2.28 bits per heavy atom. The minimum Gasteiger partial charge on any atom is -0.459 e. The van der Waals surface area contributed by atoms with Crippen LogP contribution in [-0.4, -0.2) is 25.1 Å². The van der Waals surface area contributed by atoms with E-state index in [0.29, 0.717) is 6.08 Å². The number of hydrogen-bond acceptors (Lipinski definition) is 2. The highest BCUT2D eigenvalue weighted by Crippen LogP contribution is 2.44. The summed E-state index contributed by atoms with van der Waals surface area (Å²) < 4.78 is 82.5. The largest absolute Gasteiger partial charge is 0.459 e. The van der Waals surface area contributed by atoms with Crippen LogP contribution in [0.15, 0.2) is 41.7 Å². The molecule has 0 saturated carbocycles. The molecule has 0 aliphatic heterocycles. The van der Waals surface area contributed by atoms with Crippen LogP contribution >= 0.6 is 0 Å². The van der Waals surface area contributed by atoms with Crippen LogP contribution in [-0.2, 0) is 0 Å². The van der Waals surface area contributed by atoms with Crippen molar-refractivity contribution in [3.05, 3.63) is 53.1 Å². The van der Waals surface area contributed by atoms with Crippen molar-refractivity contribution in [1.82, 2.24) is 5.32 Å². The van der Waals surface area contributed by atoms with Crippen LogP contribution in [0.3, 0.4) is 0 Å². The predicted molar refractivity (Wildman–Crippen MR) is 76.8 cm³/mol. The van der Waals surface area contributed by atoms with Gasteiger partial charge in [0.05, 0.1) is 0 Å². The number of benzene rings is 1. The van der Waals surface area contributed by atoms with Crippen LogP contribution in [0.2, 0.25) is 0 Å². The zero-order chi connectivity index (χ0) is 18.8. The molecule has 136 valence electrons. The summed E-state index contributed by atoms with van der Waals surface area (Å²) >= 11 is 0. The van der Waals surface area contributed by atoms with Crippen LogP contribution in [0.25, 0.3) is 0 Å². The average Bonchev–Trinajstić information content (AvgIpc) is 2.55. The van der Waals surface area contributed by atoms with Crippen LogP contribution in [0, 0.1) is 5.82 Å². The fourth-order valence-electron chi connectivity index (χ4n) is 2.16. The molecule has 0 saturated heterocycles. The summed E-state index contributed by atoms with van der Waals surface area (Å²) in [5, 5.41) is 2.31. The molecule has 1 aromatic rings. The lowest BCUT2D eigenvalue weighted by Crippen LogP contribution is -2.38. The molecule has 9 heteroatoms. The summed E-state index contributed by atoms with van der Waals surface area (Å²) in [5.74, 6) is -6.52. The lowest BCUT2D eigenvalue weighted by atomic mass is 9.97. The van der Waals surface area contributed by atoms with E-state index in [-0.39, 0.29) is 23.5 Å².